The molecule has 3 aromatic carbocycles. The zero-order valence-corrected chi connectivity index (χ0v) is 18.9. The Morgan fingerprint density at radius 3 is 2.60 bits per heavy atom. The van der Waals surface area contributed by atoms with Gasteiger partial charge in [-0.1, -0.05) is 60.7 Å². The first-order valence-corrected chi connectivity index (χ1v) is 11.5. The van der Waals surface area contributed by atoms with Crippen LogP contribution < -0.4 is 20.3 Å². The first kappa shape index (κ1) is 22.9. The summed E-state index contributed by atoms with van der Waals surface area (Å²) in [6, 6.07) is 20.4. The number of carbonyl (C=O) groups excluding carboxylic acids is 2. The van der Waals surface area contributed by atoms with Crippen LogP contribution in [0.1, 0.15) is 29.2 Å². The number of hydrogen-bond acceptors (Lipinski definition) is 6. The molecule has 35 heavy (non-hydrogen) atoms. The van der Waals surface area contributed by atoms with Crippen LogP contribution in [0, 0.1) is 5.92 Å². The highest BCUT2D eigenvalue weighted by molar-refractivity contribution is 5.85. The number of benzene rings is 3. The van der Waals surface area contributed by atoms with Crippen LogP contribution in [0.5, 0.6) is 11.5 Å². The molecule has 1 aliphatic heterocycles. The second kappa shape index (κ2) is 9.77. The van der Waals surface area contributed by atoms with Gasteiger partial charge in [-0.15, -0.1) is 0 Å². The molecule has 1 heterocycles. The molecule has 0 spiro atoms. The second-order valence-electron chi connectivity index (χ2n) is 8.83. The Morgan fingerprint density at radius 1 is 1.00 bits per heavy atom. The number of aliphatic hydroxyl groups is 1. The molecule has 0 aromatic heterocycles. The van der Waals surface area contributed by atoms with Gasteiger partial charge in [0.05, 0.1) is 18.1 Å². The number of amides is 2. The van der Waals surface area contributed by atoms with Crippen molar-refractivity contribution in [1.82, 2.24) is 10.8 Å². The fraction of sp³-hybridized carbons (Fsp3) is 0.259. The molecule has 1 unspecified atom stereocenters. The normalized spacial score (nSPS) is 18.6. The van der Waals surface area contributed by atoms with E-state index in [0.717, 1.165) is 27.8 Å². The summed E-state index contributed by atoms with van der Waals surface area (Å²) in [6.07, 6.45) is -0.119. The fourth-order valence-electron chi connectivity index (χ4n) is 4.82. The summed E-state index contributed by atoms with van der Waals surface area (Å²) in [5, 5.41) is 22.5. The summed E-state index contributed by atoms with van der Waals surface area (Å²) in [5.41, 5.74) is 6.24. The number of ether oxygens (including phenoxy) is 2. The average molecular weight is 475 g/mol. The molecule has 180 valence electrons. The van der Waals surface area contributed by atoms with Crippen molar-refractivity contribution in [2.45, 2.75) is 31.4 Å². The molecular weight excluding hydrogens is 448 g/mol. The lowest BCUT2D eigenvalue weighted by Gasteiger charge is -2.20. The van der Waals surface area contributed by atoms with E-state index in [1.807, 2.05) is 66.7 Å². The standard InChI is InChI=1S/C27H26N2O6/c30-22-13-18-4-1-2-5-20(18)25(22)28-24(31)14-19(27(32)29-33)12-16-8-10-17(11-9-16)21-6-3-7-23-26(21)35-15-34-23/h1-11,19,22,25,30,33H,12-15H2,(H,28,31)(H,29,32)/t19?,22-,25+/m1/s1. The molecule has 5 rings (SSSR count). The van der Waals surface area contributed by atoms with Crippen LogP contribution in [0.4, 0.5) is 0 Å². The van der Waals surface area contributed by atoms with Crippen LogP contribution in [0.3, 0.4) is 0 Å². The van der Waals surface area contributed by atoms with Crippen LogP contribution in [-0.4, -0.2) is 35.0 Å². The van der Waals surface area contributed by atoms with Gasteiger partial charge < -0.3 is 19.9 Å². The van der Waals surface area contributed by atoms with Gasteiger partial charge in [0.2, 0.25) is 18.6 Å². The van der Waals surface area contributed by atoms with Gasteiger partial charge in [-0.25, -0.2) is 5.48 Å². The molecule has 3 atom stereocenters. The van der Waals surface area contributed by atoms with E-state index in [1.54, 1.807) is 5.48 Å². The quantitative estimate of drug-likeness (QED) is 0.309. The van der Waals surface area contributed by atoms with Gasteiger partial charge in [0.15, 0.2) is 11.5 Å². The lowest BCUT2D eigenvalue weighted by atomic mass is 9.93. The molecule has 0 saturated heterocycles. The molecule has 0 fully saturated rings. The number of rotatable bonds is 7. The maximum Gasteiger partial charge on any atom is 0.247 e. The molecule has 2 aliphatic rings. The highest BCUT2D eigenvalue weighted by atomic mass is 16.7. The van der Waals surface area contributed by atoms with E-state index < -0.39 is 24.0 Å². The van der Waals surface area contributed by atoms with Gasteiger partial charge in [0, 0.05) is 18.4 Å². The zero-order chi connectivity index (χ0) is 24.4. The fourth-order valence-corrected chi connectivity index (χ4v) is 4.82. The SMILES string of the molecule is O=C(CC(Cc1ccc(-c2cccc3c2OCO3)cc1)C(=O)NO)N[C@H]1c2ccccc2C[C@H]1O. The monoisotopic (exact) mass is 474 g/mol. The molecule has 3 aromatic rings. The highest BCUT2D eigenvalue weighted by Gasteiger charge is 2.33. The maximum absolute atomic E-state index is 12.8. The third kappa shape index (κ3) is 4.71. The van der Waals surface area contributed by atoms with E-state index in [9.17, 15) is 19.9 Å². The molecular formula is C27H26N2O6. The number of para-hydroxylation sites is 1. The summed E-state index contributed by atoms with van der Waals surface area (Å²) < 4.78 is 11.0. The van der Waals surface area contributed by atoms with Crippen molar-refractivity contribution in [3.05, 3.63) is 83.4 Å². The minimum absolute atomic E-state index is 0.128. The van der Waals surface area contributed by atoms with Crippen molar-refractivity contribution in [2.24, 2.45) is 5.92 Å². The summed E-state index contributed by atoms with van der Waals surface area (Å²) in [4.78, 5) is 25.2. The lowest BCUT2D eigenvalue weighted by molar-refractivity contribution is -0.136. The van der Waals surface area contributed by atoms with E-state index in [-0.39, 0.29) is 25.5 Å². The second-order valence-corrected chi connectivity index (χ2v) is 8.83. The first-order valence-electron chi connectivity index (χ1n) is 11.5. The number of hydrogen-bond donors (Lipinski definition) is 4. The molecule has 0 saturated carbocycles. The van der Waals surface area contributed by atoms with Gasteiger partial charge in [-0.2, -0.15) is 0 Å². The van der Waals surface area contributed by atoms with Gasteiger partial charge in [-0.05, 0) is 34.7 Å². The third-order valence-electron chi connectivity index (χ3n) is 6.58. The Bertz CT molecular complexity index is 1240. The molecule has 0 radical (unpaired) electrons. The van der Waals surface area contributed by atoms with Crippen molar-refractivity contribution in [1.29, 1.82) is 0 Å². The van der Waals surface area contributed by atoms with Crippen molar-refractivity contribution in [3.63, 3.8) is 0 Å². The summed E-state index contributed by atoms with van der Waals surface area (Å²) in [7, 11) is 0. The number of carbonyl (C=O) groups is 2. The van der Waals surface area contributed by atoms with E-state index in [2.05, 4.69) is 5.32 Å². The maximum atomic E-state index is 12.8. The summed E-state index contributed by atoms with van der Waals surface area (Å²) >= 11 is 0. The molecule has 2 amide bonds. The molecule has 8 heteroatoms. The van der Waals surface area contributed by atoms with Crippen molar-refractivity contribution < 1.29 is 29.4 Å². The third-order valence-corrected chi connectivity index (χ3v) is 6.58. The van der Waals surface area contributed by atoms with Gasteiger partial charge in [0.1, 0.15) is 0 Å². The summed E-state index contributed by atoms with van der Waals surface area (Å²) in [6.45, 7) is 0.188. The van der Waals surface area contributed by atoms with Crippen molar-refractivity contribution >= 4 is 11.8 Å². The Labute approximate surface area is 202 Å². The smallest absolute Gasteiger partial charge is 0.247 e. The number of aliphatic hydroxyl groups excluding tert-OH is 1. The van der Waals surface area contributed by atoms with E-state index in [4.69, 9.17) is 9.47 Å². The Balaban J connectivity index is 1.27. The lowest BCUT2D eigenvalue weighted by Crippen LogP contribution is -2.38. The Kier molecular flexibility index (Phi) is 6.39. The highest BCUT2D eigenvalue weighted by Crippen LogP contribution is 2.41. The number of fused-ring (bicyclic) bond motifs is 2. The van der Waals surface area contributed by atoms with Gasteiger partial charge >= 0.3 is 0 Å². The topological polar surface area (TPSA) is 117 Å². The van der Waals surface area contributed by atoms with E-state index in [1.165, 1.54) is 0 Å². The molecule has 0 bridgehead atoms. The minimum Gasteiger partial charge on any atom is -0.454 e. The van der Waals surface area contributed by atoms with Crippen LogP contribution in [0.2, 0.25) is 0 Å². The Hall–Kier alpha value is -3.88. The molecule has 4 N–H and O–H groups in total. The average Bonchev–Trinajstić information content (AvgIpc) is 3.48. The van der Waals surface area contributed by atoms with Crippen LogP contribution in [0.25, 0.3) is 11.1 Å². The molecule has 8 nitrogen and oxygen atoms in total. The van der Waals surface area contributed by atoms with E-state index in [0.29, 0.717) is 17.9 Å². The van der Waals surface area contributed by atoms with Crippen molar-refractivity contribution in [2.75, 3.05) is 6.79 Å². The van der Waals surface area contributed by atoms with Crippen LogP contribution in [0.15, 0.2) is 66.7 Å². The van der Waals surface area contributed by atoms with Crippen molar-refractivity contribution in [3.8, 4) is 22.6 Å². The zero-order valence-electron chi connectivity index (χ0n) is 18.9. The Morgan fingerprint density at radius 2 is 1.80 bits per heavy atom. The van der Waals surface area contributed by atoms with Crippen LogP contribution in [-0.2, 0) is 22.4 Å². The van der Waals surface area contributed by atoms with Gasteiger partial charge in [-0.3, -0.25) is 14.8 Å². The molecule has 1 aliphatic carbocycles. The van der Waals surface area contributed by atoms with Gasteiger partial charge in [0.25, 0.3) is 0 Å². The van der Waals surface area contributed by atoms with E-state index >= 15 is 0 Å². The van der Waals surface area contributed by atoms with Crippen LogP contribution >= 0.6 is 0 Å². The summed E-state index contributed by atoms with van der Waals surface area (Å²) in [5.74, 6) is -0.384. The first-order chi connectivity index (χ1) is 17.0. The minimum atomic E-state index is -0.780. The number of nitrogens with one attached hydrogen (secondary N) is 2. The predicted molar refractivity (Wildman–Crippen MR) is 127 cm³/mol. The predicted octanol–water partition coefficient (Wildman–Crippen LogP) is 2.91. The number of hydroxylamine groups is 1. The largest absolute Gasteiger partial charge is 0.454 e.